The summed E-state index contributed by atoms with van der Waals surface area (Å²) in [6, 6.07) is 16.1. The largest absolute Gasteiger partial charge is 0.347 e. The first-order valence-corrected chi connectivity index (χ1v) is 7.97. The molecule has 3 aromatic rings. The molecule has 0 aliphatic rings. The van der Waals surface area contributed by atoms with E-state index in [4.69, 9.17) is 0 Å². The van der Waals surface area contributed by atoms with Crippen molar-refractivity contribution in [1.82, 2.24) is 20.3 Å². The van der Waals surface area contributed by atoms with Crippen molar-refractivity contribution < 1.29 is 9.59 Å². The summed E-state index contributed by atoms with van der Waals surface area (Å²) < 4.78 is 1.46. The lowest BCUT2D eigenvalue weighted by Gasteiger charge is -2.09. The number of rotatable bonds is 5. The number of hydrogen-bond acceptors (Lipinski definition) is 4. The predicted molar refractivity (Wildman–Crippen MR) is 97.7 cm³/mol. The number of hydrogen-bond donors (Lipinski definition) is 3. The van der Waals surface area contributed by atoms with Crippen molar-refractivity contribution in [1.29, 1.82) is 0 Å². The van der Waals surface area contributed by atoms with Gasteiger partial charge in [-0.15, -0.1) is 5.10 Å². The smallest absolute Gasteiger partial charge is 0.323 e. The number of nitrogens with zero attached hydrogens (tertiary/aromatic N) is 3. The van der Waals surface area contributed by atoms with Crippen molar-refractivity contribution in [2.75, 3.05) is 10.6 Å². The zero-order valence-corrected chi connectivity index (χ0v) is 14.1. The summed E-state index contributed by atoms with van der Waals surface area (Å²) >= 11 is 0. The summed E-state index contributed by atoms with van der Waals surface area (Å²) in [5.41, 5.74) is 2.44. The number of carbonyl (C=O) groups excluding carboxylic acids is 2. The Morgan fingerprint density at radius 1 is 1.00 bits per heavy atom. The van der Waals surface area contributed by atoms with Crippen LogP contribution in [0.4, 0.5) is 16.2 Å². The minimum absolute atomic E-state index is 0.254. The molecule has 3 rings (SSSR count). The molecule has 0 spiro atoms. The fourth-order valence-electron chi connectivity index (χ4n) is 2.30. The zero-order chi connectivity index (χ0) is 18.4. The van der Waals surface area contributed by atoms with Crippen LogP contribution in [0.3, 0.4) is 0 Å². The third kappa shape index (κ3) is 4.67. The monoisotopic (exact) mass is 350 g/mol. The van der Waals surface area contributed by atoms with Crippen LogP contribution >= 0.6 is 0 Å². The molecule has 132 valence electrons. The molecule has 1 aromatic heterocycles. The van der Waals surface area contributed by atoms with Gasteiger partial charge in [-0.25, -0.2) is 4.79 Å². The highest BCUT2D eigenvalue weighted by atomic mass is 16.2. The number of para-hydroxylation sites is 1. The van der Waals surface area contributed by atoms with Crippen LogP contribution in [0.1, 0.15) is 16.1 Å². The molecule has 0 unspecified atom stereocenters. The Morgan fingerprint density at radius 2 is 1.73 bits per heavy atom. The van der Waals surface area contributed by atoms with Gasteiger partial charge >= 0.3 is 6.03 Å². The fourth-order valence-corrected chi connectivity index (χ4v) is 2.30. The zero-order valence-electron chi connectivity index (χ0n) is 14.1. The van der Waals surface area contributed by atoms with Gasteiger partial charge < -0.3 is 16.0 Å². The van der Waals surface area contributed by atoms with Crippen molar-refractivity contribution in [3.8, 4) is 0 Å². The van der Waals surface area contributed by atoms with Gasteiger partial charge in [0.1, 0.15) is 0 Å². The first-order valence-electron chi connectivity index (χ1n) is 7.97. The third-order valence-corrected chi connectivity index (χ3v) is 3.50. The molecule has 8 nitrogen and oxygen atoms in total. The van der Waals surface area contributed by atoms with Crippen LogP contribution in [0.5, 0.6) is 0 Å². The summed E-state index contributed by atoms with van der Waals surface area (Å²) in [7, 11) is 1.69. The number of aromatic nitrogens is 3. The lowest BCUT2D eigenvalue weighted by atomic mass is 10.2. The normalized spacial score (nSPS) is 10.2. The molecular weight excluding hydrogens is 332 g/mol. The molecule has 0 saturated carbocycles. The molecule has 3 amide bonds. The Hall–Kier alpha value is -3.68. The Kier molecular flexibility index (Phi) is 5.23. The molecule has 26 heavy (non-hydrogen) atoms. The Balaban J connectivity index is 1.56. The molecule has 8 heteroatoms. The van der Waals surface area contributed by atoms with E-state index in [0.29, 0.717) is 17.9 Å². The van der Waals surface area contributed by atoms with Gasteiger partial charge in [0.25, 0.3) is 5.91 Å². The number of urea groups is 1. The van der Waals surface area contributed by atoms with Crippen LogP contribution in [0.2, 0.25) is 0 Å². The minimum atomic E-state index is -0.336. The van der Waals surface area contributed by atoms with Gasteiger partial charge in [0.2, 0.25) is 0 Å². The molecule has 1 heterocycles. The van der Waals surface area contributed by atoms with Gasteiger partial charge in [0, 0.05) is 25.0 Å². The average molecular weight is 350 g/mol. The topological polar surface area (TPSA) is 101 Å². The second-order valence-electron chi connectivity index (χ2n) is 5.61. The summed E-state index contributed by atoms with van der Waals surface area (Å²) in [6.45, 7) is 0.311. The van der Waals surface area contributed by atoms with Crippen LogP contribution in [-0.4, -0.2) is 26.9 Å². The quantitative estimate of drug-likeness (QED) is 0.657. The van der Waals surface area contributed by atoms with Crippen LogP contribution in [0.15, 0.2) is 60.8 Å². The summed E-state index contributed by atoms with van der Waals surface area (Å²) in [4.78, 5) is 24.0. The number of nitrogens with one attached hydrogen (secondary N) is 3. The molecule has 0 saturated heterocycles. The van der Waals surface area contributed by atoms with E-state index in [1.54, 1.807) is 37.5 Å². The highest BCUT2D eigenvalue weighted by Gasteiger charge is 2.09. The van der Waals surface area contributed by atoms with Crippen molar-refractivity contribution in [2.24, 2.45) is 7.05 Å². The van der Waals surface area contributed by atoms with Gasteiger partial charge in [0.05, 0.1) is 6.20 Å². The summed E-state index contributed by atoms with van der Waals surface area (Å²) in [5.74, 6) is -0.307. The van der Waals surface area contributed by atoms with Crippen LogP contribution in [0, 0.1) is 0 Å². The summed E-state index contributed by atoms with van der Waals surface area (Å²) in [6.07, 6.45) is 1.54. The van der Waals surface area contributed by atoms with E-state index in [-0.39, 0.29) is 17.6 Å². The lowest BCUT2D eigenvalue weighted by Crippen LogP contribution is -2.23. The Labute approximate surface area is 150 Å². The lowest BCUT2D eigenvalue weighted by molar-refractivity contribution is 0.0946. The van der Waals surface area contributed by atoms with Crippen molar-refractivity contribution in [3.05, 3.63) is 72.1 Å². The highest BCUT2D eigenvalue weighted by molar-refractivity contribution is 5.99. The molecule has 0 aliphatic carbocycles. The number of aryl methyl sites for hydroxylation is 1. The van der Waals surface area contributed by atoms with Crippen molar-refractivity contribution >= 4 is 23.3 Å². The second-order valence-corrected chi connectivity index (χ2v) is 5.61. The van der Waals surface area contributed by atoms with Crippen molar-refractivity contribution in [3.63, 3.8) is 0 Å². The standard InChI is InChI=1S/C18H18N6O2/c1-24-12-16(22-23-24)17(25)19-11-13-6-5-9-15(10-13)21-18(26)20-14-7-3-2-4-8-14/h2-10,12H,11H2,1H3,(H,19,25)(H2,20,21,26). The van der Waals surface area contributed by atoms with Gasteiger partial charge in [-0.2, -0.15) is 0 Å². The van der Waals surface area contributed by atoms with Gasteiger partial charge in [-0.3, -0.25) is 9.48 Å². The van der Waals surface area contributed by atoms with E-state index in [2.05, 4.69) is 26.3 Å². The molecular formula is C18H18N6O2. The van der Waals surface area contributed by atoms with E-state index in [0.717, 1.165) is 5.56 Å². The highest BCUT2D eigenvalue weighted by Crippen LogP contribution is 2.12. The molecule has 3 N–H and O–H groups in total. The number of anilines is 2. The number of carbonyl (C=O) groups is 2. The van der Waals surface area contributed by atoms with E-state index in [9.17, 15) is 9.59 Å². The predicted octanol–water partition coefficient (Wildman–Crippen LogP) is 2.39. The van der Waals surface area contributed by atoms with Crippen LogP contribution in [0.25, 0.3) is 0 Å². The average Bonchev–Trinajstić information content (AvgIpc) is 3.07. The maximum Gasteiger partial charge on any atom is 0.323 e. The fraction of sp³-hybridized carbons (Fsp3) is 0.111. The second kappa shape index (κ2) is 7.93. The molecule has 0 aliphatic heterocycles. The SMILES string of the molecule is Cn1cc(C(=O)NCc2cccc(NC(=O)Nc3ccccc3)c2)nn1. The number of amides is 3. The molecule has 0 bridgehead atoms. The first-order chi connectivity index (χ1) is 12.6. The Bertz CT molecular complexity index is 907. The summed E-state index contributed by atoms with van der Waals surface area (Å²) in [5, 5.41) is 15.8. The van der Waals surface area contributed by atoms with Gasteiger partial charge in [0.15, 0.2) is 5.69 Å². The Morgan fingerprint density at radius 3 is 2.46 bits per heavy atom. The van der Waals surface area contributed by atoms with E-state index in [1.165, 1.54) is 4.68 Å². The third-order valence-electron chi connectivity index (χ3n) is 3.50. The van der Waals surface area contributed by atoms with Crippen LogP contribution in [-0.2, 0) is 13.6 Å². The van der Waals surface area contributed by atoms with Gasteiger partial charge in [-0.1, -0.05) is 35.5 Å². The van der Waals surface area contributed by atoms with Gasteiger partial charge in [-0.05, 0) is 29.8 Å². The first kappa shape index (κ1) is 17.2. The molecule has 0 fully saturated rings. The van der Waals surface area contributed by atoms with Crippen LogP contribution < -0.4 is 16.0 Å². The number of benzene rings is 2. The van der Waals surface area contributed by atoms with E-state index < -0.39 is 0 Å². The molecule has 0 atom stereocenters. The molecule has 2 aromatic carbocycles. The van der Waals surface area contributed by atoms with E-state index in [1.807, 2.05) is 30.3 Å². The van der Waals surface area contributed by atoms with Crippen molar-refractivity contribution in [2.45, 2.75) is 6.54 Å². The molecule has 0 radical (unpaired) electrons. The maximum absolute atomic E-state index is 12.0. The minimum Gasteiger partial charge on any atom is -0.347 e. The maximum atomic E-state index is 12.0. The van der Waals surface area contributed by atoms with E-state index >= 15 is 0 Å².